The van der Waals surface area contributed by atoms with Crippen LogP contribution in [0.25, 0.3) is 120 Å². The fourth-order valence-electron chi connectivity index (χ4n) is 8.89. The molecule has 0 aliphatic heterocycles. The highest BCUT2D eigenvalue weighted by Crippen LogP contribution is 2.45. The van der Waals surface area contributed by atoms with Crippen molar-refractivity contribution < 1.29 is 0 Å². The lowest BCUT2D eigenvalue weighted by Gasteiger charge is -2.12. The van der Waals surface area contributed by atoms with Crippen LogP contribution in [-0.2, 0) is 0 Å². The van der Waals surface area contributed by atoms with Crippen LogP contribution in [0.3, 0.4) is 0 Å². The molecule has 3 heterocycles. The molecule has 0 fully saturated rings. The fraction of sp³-hybridized carbons (Fsp3) is 0. The normalized spacial score (nSPS) is 11.5. The zero-order valence-electron chi connectivity index (χ0n) is 34.1. The van der Waals surface area contributed by atoms with Gasteiger partial charge in [-0.2, -0.15) is 0 Å². The molecule has 0 saturated carbocycles. The van der Waals surface area contributed by atoms with Gasteiger partial charge in [-0.1, -0.05) is 200 Å². The summed E-state index contributed by atoms with van der Waals surface area (Å²) in [6.45, 7) is 0. The maximum atomic E-state index is 5.43. The van der Waals surface area contributed by atoms with Crippen LogP contribution < -0.4 is 0 Å². The first kappa shape index (κ1) is 36.8. The van der Waals surface area contributed by atoms with Crippen molar-refractivity contribution in [3.8, 4) is 78.5 Å². The van der Waals surface area contributed by atoms with Crippen LogP contribution in [0, 0.1) is 0 Å². The smallest absolute Gasteiger partial charge is 0.160 e. The molecule has 0 atom stereocenters. The number of hydrogen-bond acceptors (Lipinski definition) is 4. The summed E-state index contributed by atoms with van der Waals surface area (Å²) in [4.78, 5) is 15.8. The van der Waals surface area contributed by atoms with E-state index in [-0.39, 0.29) is 0 Å². The van der Waals surface area contributed by atoms with Crippen molar-refractivity contribution in [3.05, 3.63) is 224 Å². The highest BCUT2D eigenvalue weighted by atomic mass is 32.1. The summed E-state index contributed by atoms with van der Waals surface area (Å²) in [6.07, 6.45) is 0. The largest absolute Gasteiger partial charge is 0.247 e. The maximum Gasteiger partial charge on any atom is 0.160 e. The molecule has 12 rings (SSSR count). The van der Waals surface area contributed by atoms with E-state index in [1.54, 1.807) is 0 Å². The summed E-state index contributed by atoms with van der Waals surface area (Å²) in [7, 11) is 0. The molecule has 12 aromatic rings. The molecule has 0 N–H and O–H groups in total. The van der Waals surface area contributed by atoms with E-state index in [9.17, 15) is 0 Å². The second kappa shape index (κ2) is 15.4. The van der Waals surface area contributed by atoms with Crippen molar-refractivity contribution in [3.63, 3.8) is 0 Å². The fourth-order valence-corrected chi connectivity index (χ4v) is 10.2. The topological polar surface area (TPSA) is 38.7 Å². The summed E-state index contributed by atoms with van der Waals surface area (Å²) >= 11 is 1.86. The summed E-state index contributed by atoms with van der Waals surface area (Å²) < 4.78 is 2.55. The van der Waals surface area contributed by atoms with Gasteiger partial charge in [0.05, 0.1) is 22.6 Å². The van der Waals surface area contributed by atoms with Gasteiger partial charge in [0.1, 0.15) is 0 Å². The third-order valence-corrected chi connectivity index (χ3v) is 13.3. The molecule has 0 aliphatic carbocycles. The van der Waals surface area contributed by atoms with Gasteiger partial charge in [-0.05, 0) is 68.4 Å². The molecule has 9 aromatic carbocycles. The molecule has 294 valence electrons. The molecule has 0 amide bonds. The first-order chi connectivity index (χ1) is 31.2. The van der Waals surface area contributed by atoms with Crippen LogP contribution >= 0.6 is 11.3 Å². The van der Waals surface area contributed by atoms with Crippen LogP contribution in [0.1, 0.15) is 0 Å². The number of benzene rings is 9. The zero-order valence-corrected chi connectivity index (χ0v) is 34.9. The third kappa shape index (κ3) is 6.74. The van der Waals surface area contributed by atoms with Crippen molar-refractivity contribution in [1.82, 2.24) is 15.0 Å². The van der Waals surface area contributed by atoms with E-state index < -0.39 is 0 Å². The highest BCUT2D eigenvalue weighted by Gasteiger charge is 2.19. The zero-order chi connectivity index (χ0) is 41.7. The highest BCUT2D eigenvalue weighted by molar-refractivity contribution is 7.27. The van der Waals surface area contributed by atoms with Crippen molar-refractivity contribution in [1.29, 1.82) is 0 Å². The Morgan fingerprint density at radius 2 is 0.794 bits per heavy atom. The van der Waals surface area contributed by atoms with Gasteiger partial charge in [-0.3, -0.25) is 0 Å². The summed E-state index contributed by atoms with van der Waals surface area (Å²) in [5, 5.41) is 6.15. The molecule has 0 spiro atoms. The number of thiophene rings is 1. The molecule has 4 heteroatoms. The predicted octanol–water partition coefficient (Wildman–Crippen LogP) is 16.2. The summed E-state index contributed by atoms with van der Waals surface area (Å²) in [5.41, 5.74) is 14.9. The number of aromatic nitrogens is 3. The third-order valence-electron chi connectivity index (χ3n) is 12.1. The number of fused-ring (bicyclic) bond motifs is 7. The van der Waals surface area contributed by atoms with Crippen LogP contribution in [0.15, 0.2) is 224 Å². The molecule has 0 unspecified atom stereocenters. The van der Waals surface area contributed by atoms with Gasteiger partial charge < -0.3 is 0 Å². The number of pyridine rings is 1. The molecular formula is C59H37N3S. The van der Waals surface area contributed by atoms with Crippen molar-refractivity contribution in [2.45, 2.75) is 0 Å². The van der Waals surface area contributed by atoms with Gasteiger partial charge in [-0.25, -0.2) is 15.0 Å². The Balaban J connectivity index is 0.931. The molecular weight excluding hydrogens is 783 g/mol. The number of nitrogens with zero attached hydrogens (tertiary/aromatic N) is 3. The molecule has 0 radical (unpaired) electrons. The first-order valence-corrected chi connectivity index (χ1v) is 22.1. The van der Waals surface area contributed by atoms with E-state index >= 15 is 0 Å². The second-order valence-corrected chi connectivity index (χ2v) is 17.0. The lowest BCUT2D eigenvalue weighted by molar-refractivity contribution is 1.18. The predicted molar refractivity (Wildman–Crippen MR) is 266 cm³/mol. The summed E-state index contributed by atoms with van der Waals surface area (Å²) in [5.74, 6) is 0.689. The van der Waals surface area contributed by atoms with E-state index in [0.717, 1.165) is 61.5 Å². The standard InChI is InChI=1S/C59H37N3S/c1-3-12-38(13-4-1)40-22-28-44(29-23-40)52-37-53(62-59(61-52)46-32-26-41(27-33-46)39-14-5-2-6-15-39)45-30-24-42(25-31-45)47-17-11-18-48(36-47)57-56-50-20-9-10-21-54(50)63-58(56)55-49-19-8-7-16-43(49)34-35-51(55)60-57/h1-37H. The Morgan fingerprint density at radius 1 is 0.302 bits per heavy atom. The van der Waals surface area contributed by atoms with Gasteiger partial charge in [0.25, 0.3) is 0 Å². The minimum absolute atomic E-state index is 0.689. The van der Waals surface area contributed by atoms with Crippen LogP contribution in [-0.4, -0.2) is 15.0 Å². The van der Waals surface area contributed by atoms with Gasteiger partial charge in [0, 0.05) is 47.8 Å². The molecule has 63 heavy (non-hydrogen) atoms. The van der Waals surface area contributed by atoms with E-state index in [4.69, 9.17) is 15.0 Å². The van der Waals surface area contributed by atoms with Crippen LogP contribution in [0.4, 0.5) is 0 Å². The van der Waals surface area contributed by atoms with Crippen LogP contribution in [0.2, 0.25) is 0 Å². The Morgan fingerprint density at radius 3 is 1.44 bits per heavy atom. The van der Waals surface area contributed by atoms with Gasteiger partial charge in [0.2, 0.25) is 0 Å². The Bertz CT molecular complexity index is 3530. The van der Waals surface area contributed by atoms with Gasteiger partial charge >= 0.3 is 0 Å². The van der Waals surface area contributed by atoms with E-state index in [2.05, 4.69) is 212 Å². The molecule has 3 aromatic heterocycles. The molecule has 0 saturated heterocycles. The number of hydrogen-bond donors (Lipinski definition) is 0. The molecule has 0 bridgehead atoms. The van der Waals surface area contributed by atoms with Crippen molar-refractivity contribution in [2.24, 2.45) is 0 Å². The lowest BCUT2D eigenvalue weighted by Crippen LogP contribution is -1.96. The Hall–Kier alpha value is -8.05. The Kier molecular flexibility index (Phi) is 9.02. The van der Waals surface area contributed by atoms with Crippen LogP contribution in [0.5, 0.6) is 0 Å². The second-order valence-electron chi connectivity index (χ2n) is 16.0. The SMILES string of the molecule is c1ccc(-c2ccc(-c3cc(-c4ccc(-c5cccc(-c6nc7ccc8ccccc8c7c7sc8ccccc8c67)c5)cc4)nc(-c4ccc(-c5ccccc5)cc4)n3)cc2)cc1. The first-order valence-electron chi connectivity index (χ1n) is 21.2. The maximum absolute atomic E-state index is 5.43. The van der Waals surface area contributed by atoms with Crippen molar-refractivity contribution in [2.75, 3.05) is 0 Å². The quantitative estimate of drug-likeness (QED) is 0.150. The average molecular weight is 820 g/mol. The molecule has 0 aliphatic rings. The number of rotatable bonds is 7. The van der Waals surface area contributed by atoms with E-state index in [1.807, 2.05) is 23.5 Å². The lowest BCUT2D eigenvalue weighted by atomic mass is 9.96. The average Bonchev–Trinajstić information content (AvgIpc) is 3.76. The summed E-state index contributed by atoms with van der Waals surface area (Å²) in [6, 6.07) is 79.6. The van der Waals surface area contributed by atoms with Gasteiger partial charge in [-0.15, -0.1) is 11.3 Å². The monoisotopic (exact) mass is 819 g/mol. The minimum atomic E-state index is 0.689. The van der Waals surface area contributed by atoms with E-state index in [1.165, 1.54) is 53.0 Å². The minimum Gasteiger partial charge on any atom is -0.247 e. The van der Waals surface area contributed by atoms with E-state index in [0.29, 0.717) is 5.82 Å². The van der Waals surface area contributed by atoms with Gasteiger partial charge in [0.15, 0.2) is 5.82 Å². The molecule has 3 nitrogen and oxygen atoms in total. The van der Waals surface area contributed by atoms with Crippen molar-refractivity contribution >= 4 is 53.2 Å². The Labute approximate surface area is 369 Å².